The molecule has 1 fully saturated rings. The number of carbonyl (C=O) groups is 1. The van der Waals surface area contributed by atoms with Crippen molar-refractivity contribution in [2.75, 3.05) is 26.1 Å². The molecule has 0 saturated carbocycles. The summed E-state index contributed by atoms with van der Waals surface area (Å²) in [7, 11) is 3.26. The molecule has 1 aliphatic heterocycles. The number of benzene rings is 3. The van der Waals surface area contributed by atoms with Gasteiger partial charge in [-0.2, -0.15) is 0 Å². The van der Waals surface area contributed by atoms with Crippen LogP contribution in [0.25, 0.3) is 0 Å². The maximum absolute atomic E-state index is 12.9. The van der Waals surface area contributed by atoms with Crippen LogP contribution in [0.4, 0.5) is 10.5 Å². The second kappa shape index (κ2) is 9.43. The average molecular weight is 418 g/mol. The van der Waals surface area contributed by atoms with Gasteiger partial charge in [-0.1, -0.05) is 24.3 Å². The number of hydrogen-bond donors (Lipinski definition) is 1. The largest absolute Gasteiger partial charge is 0.497 e. The Morgan fingerprint density at radius 1 is 0.871 bits per heavy atom. The summed E-state index contributed by atoms with van der Waals surface area (Å²) < 4.78 is 16.4. The molecule has 3 aromatic rings. The van der Waals surface area contributed by atoms with Gasteiger partial charge in [-0.25, -0.2) is 4.79 Å². The first-order valence-corrected chi connectivity index (χ1v) is 10.3. The van der Waals surface area contributed by atoms with Crippen molar-refractivity contribution in [3.05, 3.63) is 78.4 Å². The Kier molecular flexibility index (Phi) is 6.26. The normalized spacial score (nSPS) is 15.4. The number of amides is 2. The molecule has 2 amide bonds. The van der Waals surface area contributed by atoms with Crippen molar-refractivity contribution in [1.82, 2.24) is 4.90 Å². The third kappa shape index (κ3) is 4.74. The molecule has 6 nitrogen and oxygen atoms in total. The van der Waals surface area contributed by atoms with Crippen LogP contribution in [0.3, 0.4) is 0 Å². The molecular formula is C25H26N2O4. The minimum atomic E-state index is -0.100. The number of carbonyl (C=O) groups excluding carboxylic acids is 1. The summed E-state index contributed by atoms with van der Waals surface area (Å²) in [6.07, 6.45) is 1.93. The van der Waals surface area contributed by atoms with E-state index in [1.165, 1.54) is 0 Å². The number of nitrogens with zero attached hydrogens (tertiary/aromatic N) is 1. The number of urea groups is 1. The third-order valence-electron chi connectivity index (χ3n) is 5.42. The van der Waals surface area contributed by atoms with E-state index in [-0.39, 0.29) is 12.1 Å². The van der Waals surface area contributed by atoms with Crippen molar-refractivity contribution >= 4 is 11.7 Å². The molecule has 160 valence electrons. The van der Waals surface area contributed by atoms with Crippen LogP contribution in [0.15, 0.2) is 72.8 Å². The molecule has 0 radical (unpaired) electrons. The zero-order chi connectivity index (χ0) is 21.6. The number of likely N-dealkylation sites (tertiary alicyclic amines) is 1. The number of methoxy groups -OCH3 is 2. The highest BCUT2D eigenvalue weighted by atomic mass is 16.5. The number of hydrogen-bond acceptors (Lipinski definition) is 4. The van der Waals surface area contributed by atoms with E-state index in [0.29, 0.717) is 17.2 Å². The summed E-state index contributed by atoms with van der Waals surface area (Å²) in [6, 6.07) is 22.7. The van der Waals surface area contributed by atoms with Gasteiger partial charge >= 0.3 is 6.03 Å². The lowest BCUT2D eigenvalue weighted by atomic mass is 10.0. The Labute approximate surface area is 182 Å². The lowest BCUT2D eigenvalue weighted by molar-refractivity contribution is 0.207. The summed E-state index contributed by atoms with van der Waals surface area (Å²) >= 11 is 0. The zero-order valence-electron chi connectivity index (χ0n) is 17.7. The summed E-state index contributed by atoms with van der Waals surface area (Å²) in [5.41, 5.74) is 1.84. The average Bonchev–Trinajstić information content (AvgIpc) is 3.31. The fraction of sp³-hybridized carbons (Fsp3) is 0.240. The molecule has 4 rings (SSSR count). The molecule has 1 aliphatic rings. The van der Waals surface area contributed by atoms with E-state index in [1.807, 2.05) is 77.7 Å². The number of ether oxygens (including phenoxy) is 3. The first kappa shape index (κ1) is 20.6. The highest BCUT2D eigenvalue weighted by molar-refractivity contribution is 5.89. The summed E-state index contributed by atoms with van der Waals surface area (Å²) in [6.45, 7) is 0.734. The third-order valence-corrected chi connectivity index (χ3v) is 5.42. The predicted molar refractivity (Wildman–Crippen MR) is 120 cm³/mol. The second-order valence-corrected chi connectivity index (χ2v) is 7.33. The van der Waals surface area contributed by atoms with E-state index >= 15 is 0 Å². The molecule has 3 aromatic carbocycles. The monoisotopic (exact) mass is 418 g/mol. The van der Waals surface area contributed by atoms with Crippen LogP contribution in [-0.2, 0) is 0 Å². The minimum absolute atomic E-state index is 0.0686. The Balaban J connectivity index is 1.40. The quantitative estimate of drug-likeness (QED) is 0.544. The van der Waals surface area contributed by atoms with E-state index in [0.717, 1.165) is 36.4 Å². The van der Waals surface area contributed by atoms with E-state index < -0.39 is 0 Å². The van der Waals surface area contributed by atoms with Crippen molar-refractivity contribution < 1.29 is 19.0 Å². The lowest BCUT2D eigenvalue weighted by Crippen LogP contribution is -2.34. The van der Waals surface area contributed by atoms with Gasteiger partial charge in [0.25, 0.3) is 0 Å². The molecule has 1 N–H and O–H groups in total. The standard InChI is InChI=1S/C25H26N2O4/c1-29-20-13-9-18(10-14-20)22-6-5-17-27(22)25(28)26-19-11-15-21(16-12-19)31-24-8-4-3-7-23(24)30-2/h3-4,7-16,22H,5-6,17H2,1-2H3,(H,26,28). The van der Waals surface area contributed by atoms with Crippen LogP contribution < -0.4 is 19.5 Å². The Morgan fingerprint density at radius 2 is 1.55 bits per heavy atom. The second-order valence-electron chi connectivity index (χ2n) is 7.33. The number of rotatable bonds is 6. The maximum Gasteiger partial charge on any atom is 0.322 e. The fourth-order valence-electron chi connectivity index (χ4n) is 3.81. The molecular weight excluding hydrogens is 392 g/mol. The van der Waals surface area contributed by atoms with Crippen LogP contribution >= 0.6 is 0 Å². The SMILES string of the molecule is COc1ccc(C2CCCN2C(=O)Nc2ccc(Oc3ccccc3OC)cc2)cc1. The van der Waals surface area contributed by atoms with Crippen LogP contribution in [0.2, 0.25) is 0 Å². The van der Waals surface area contributed by atoms with Crippen LogP contribution in [-0.4, -0.2) is 31.7 Å². The Hall–Kier alpha value is -3.67. The van der Waals surface area contributed by atoms with Crippen molar-refractivity contribution in [2.24, 2.45) is 0 Å². The molecule has 1 unspecified atom stereocenters. The first-order chi connectivity index (χ1) is 15.2. The predicted octanol–water partition coefficient (Wildman–Crippen LogP) is 5.87. The molecule has 31 heavy (non-hydrogen) atoms. The van der Waals surface area contributed by atoms with Crippen LogP contribution in [0.5, 0.6) is 23.0 Å². The molecule has 1 atom stereocenters. The molecule has 1 saturated heterocycles. The van der Waals surface area contributed by atoms with Crippen molar-refractivity contribution in [3.8, 4) is 23.0 Å². The first-order valence-electron chi connectivity index (χ1n) is 10.3. The molecule has 6 heteroatoms. The summed E-state index contributed by atoms with van der Waals surface area (Å²) in [5.74, 6) is 2.78. The van der Waals surface area contributed by atoms with Gasteiger partial charge in [-0.15, -0.1) is 0 Å². The van der Waals surface area contributed by atoms with Crippen molar-refractivity contribution in [2.45, 2.75) is 18.9 Å². The van der Waals surface area contributed by atoms with Gasteiger partial charge in [0, 0.05) is 12.2 Å². The smallest absolute Gasteiger partial charge is 0.322 e. The van der Waals surface area contributed by atoms with Gasteiger partial charge in [0.15, 0.2) is 11.5 Å². The highest BCUT2D eigenvalue weighted by Gasteiger charge is 2.30. The van der Waals surface area contributed by atoms with E-state index in [9.17, 15) is 4.79 Å². The molecule has 1 heterocycles. The van der Waals surface area contributed by atoms with Crippen LogP contribution in [0, 0.1) is 0 Å². The van der Waals surface area contributed by atoms with Gasteiger partial charge in [-0.05, 0) is 66.9 Å². The molecule has 0 spiro atoms. The number of nitrogens with one attached hydrogen (secondary N) is 1. The molecule has 0 bridgehead atoms. The molecule has 0 aliphatic carbocycles. The molecule has 0 aromatic heterocycles. The van der Waals surface area contributed by atoms with E-state index in [1.54, 1.807) is 14.2 Å². The van der Waals surface area contributed by atoms with Gasteiger partial charge in [0.2, 0.25) is 0 Å². The van der Waals surface area contributed by atoms with Crippen LogP contribution in [0.1, 0.15) is 24.4 Å². The Morgan fingerprint density at radius 3 is 2.23 bits per heavy atom. The maximum atomic E-state index is 12.9. The van der Waals surface area contributed by atoms with E-state index in [4.69, 9.17) is 14.2 Å². The number of para-hydroxylation sites is 2. The van der Waals surface area contributed by atoms with Crippen molar-refractivity contribution in [1.29, 1.82) is 0 Å². The summed E-state index contributed by atoms with van der Waals surface area (Å²) in [4.78, 5) is 14.8. The van der Waals surface area contributed by atoms with Gasteiger partial charge in [-0.3, -0.25) is 0 Å². The Bertz CT molecular complexity index is 1020. The fourth-order valence-corrected chi connectivity index (χ4v) is 3.81. The van der Waals surface area contributed by atoms with Gasteiger partial charge in [0.05, 0.1) is 20.3 Å². The highest BCUT2D eigenvalue weighted by Crippen LogP contribution is 2.34. The van der Waals surface area contributed by atoms with Gasteiger partial charge < -0.3 is 24.4 Å². The van der Waals surface area contributed by atoms with Crippen molar-refractivity contribution in [3.63, 3.8) is 0 Å². The minimum Gasteiger partial charge on any atom is -0.497 e. The van der Waals surface area contributed by atoms with Gasteiger partial charge in [0.1, 0.15) is 11.5 Å². The zero-order valence-corrected chi connectivity index (χ0v) is 17.7. The summed E-state index contributed by atoms with van der Waals surface area (Å²) in [5, 5.41) is 3.00. The van der Waals surface area contributed by atoms with E-state index in [2.05, 4.69) is 5.32 Å². The lowest BCUT2D eigenvalue weighted by Gasteiger charge is -2.25. The number of anilines is 1. The topological polar surface area (TPSA) is 60.0 Å².